The van der Waals surface area contributed by atoms with E-state index in [-0.39, 0.29) is 11.5 Å². The van der Waals surface area contributed by atoms with Crippen molar-refractivity contribution in [2.45, 2.75) is 26.2 Å². The van der Waals surface area contributed by atoms with Crippen LogP contribution in [0.4, 0.5) is 5.69 Å². The summed E-state index contributed by atoms with van der Waals surface area (Å²) in [5.74, 6) is -0.131. The molecule has 1 aliphatic heterocycles. The Morgan fingerprint density at radius 2 is 2.22 bits per heavy atom. The molecule has 1 amide bonds. The molecule has 4 rings (SSSR count). The average molecular weight is 382 g/mol. The van der Waals surface area contributed by atoms with Gasteiger partial charge in [-0.3, -0.25) is 9.59 Å². The first-order valence-electron chi connectivity index (χ1n) is 9.23. The second-order valence-corrected chi connectivity index (χ2v) is 7.80. The average Bonchev–Trinajstić information content (AvgIpc) is 3.03. The van der Waals surface area contributed by atoms with Gasteiger partial charge in [-0.25, -0.2) is 4.98 Å². The molecular weight excluding hydrogens is 360 g/mol. The number of hydrogen-bond acceptors (Lipinski definition) is 5. The van der Waals surface area contributed by atoms with Gasteiger partial charge in [-0.15, -0.1) is 11.3 Å². The van der Waals surface area contributed by atoms with E-state index in [4.69, 9.17) is 0 Å². The third kappa shape index (κ3) is 3.47. The number of carbonyl (C=O) groups excluding carboxylic acids is 1. The Morgan fingerprint density at radius 1 is 1.37 bits per heavy atom. The van der Waals surface area contributed by atoms with Crippen molar-refractivity contribution in [2.24, 2.45) is 0 Å². The van der Waals surface area contributed by atoms with E-state index >= 15 is 0 Å². The number of aromatic nitrogens is 2. The number of carbonyl (C=O) groups is 1. The molecule has 6 nitrogen and oxygen atoms in total. The minimum absolute atomic E-state index is 0.131. The van der Waals surface area contributed by atoms with E-state index in [2.05, 4.69) is 44.5 Å². The third-order valence-electron chi connectivity index (χ3n) is 5.04. The van der Waals surface area contributed by atoms with Crippen LogP contribution >= 0.6 is 11.3 Å². The minimum atomic E-state index is -0.198. The molecule has 3 aromatic rings. The molecule has 1 aliphatic rings. The molecule has 0 radical (unpaired) electrons. The second-order valence-electron chi connectivity index (χ2n) is 6.80. The molecule has 140 valence electrons. The first-order valence-corrected chi connectivity index (χ1v) is 10.0. The van der Waals surface area contributed by atoms with Crippen molar-refractivity contribution in [1.29, 1.82) is 0 Å². The van der Waals surface area contributed by atoms with Crippen molar-refractivity contribution in [1.82, 2.24) is 15.3 Å². The topological polar surface area (TPSA) is 78.1 Å². The van der Waals surface area contributed by atoms with E-state index in [1.54, 1.807) is 6.92 Å². The van der Waals surface area contributed by atoms with Crippen LogP contribution in [-0.4, -0.2) is 35.5 Å². The fourth-order valence-corrected chi connectivity index (χ4v) is 4.76. The van der Waals surface area contributed by atoms with Crippen LogP contribution in [0.2, 0.25) is 0 Å². The minimum Gasteiger partial charge on any atom is -0.371 e. The maximum atomic E-state index is 12.5. The predicted molar refractivity (Wildman–Crippen MR) is 109 cm³/mol. The Labute approximate surface area is 161 Å². The van der Waals surface area contributed by atoms with E-state index < -0.39 is 0 Å². The Hall–Kier alpha value is -2.67. The number of amides is 1. The molecule has 0 bridgehead atoms. The molecular formula is C20H22N4O2S. The van der Waals surface area contributed by atoms with E-state index in [0.717, 1.165) is 25.9 Å². The molecule has 0 saturated heterocycles. The smallest absolute Gasteiger partial charge is 0.261 e. The van der Waals surface area contributed by atoms with Gasteiger partial charge in [0, 0.05) is 25.3 Å². The summed E-state index contributed by atoms with van der Waals surface area (Å²) in [7, 11) is 0. The fraction of sp³-hybridized carbons (Fsp3) is 0.350. The first kappa shape index (κ1) is 17.7. The molecule has 0 atom stereocenters. The largest absolute Gasteiger partial charge is 0.371 e. The number of aryl methyl sites for hydroxylation is 2. The fourth-order valence-electron chi connectivity index (χ4n) is 3.69. The van der Waals surface area contributed by atoms with E-state index in [0.29, 0.717) is 27.2 Å². The number of benzene rings is 1. The van der Waals surface area contributed by atoms with Gasteiger partial charge >= 0.3 is 0 Å². The molecule has 0 fully saturated rings. The number of anilines is 1. The Bertz CT molecular complexity index is 1040. The molecule has 2 N–H and O–H groups in total. The summed E-state index contributed by atoms with van der Waals surface area (Å²) in [5, 5.41) is 3.50. The van der Waals surface area contributed by atoms with Crippen LogP contribution in [0.1, 0.15) is 33.6 Å². The summed E-state index contributed by atoms with van der Waals surface area (Å²) >= 11 is 1.27. The van der Waals surface area contributed by atoms with Gasteiger partial charge in [0.25, 0.3) is 11.5 Å². The van der Waals surface area contributed by atoms with Crippen LogP contribution in [0, 0.1) is 6.92 Å². The van der Waals surface area contributed by atoms with Gasteiger partial charge in [-0.2, -0.15) is 0 Å². The van der Waals surface area contributed by atoms with Crippen LogP contribution in [-0.2, 0) is 6.42 Å². The van der Waals surface area contributed by atoms with Crippen molar-refractivity contribution in [3.63, 3.8) is 0 Å². The second kappa shape index (κ2) is 7.52. The third-order valence-corrected chi connectivity index (χ3v) is 6.23. The van der Waals surface area contributed by atoms with Gasteiger partial charge in [0.05, 0.1) is 16.6 Å². The number of thiophene rings is 1. The summed E-state index contributed by atoms with van der Waals surface area (Å²) in [5.41, 5.74) is 3.23. The van der Waals surface area contributed by atoms with E-state index in [9.17, 15) is 9.59 Å². The van der Waals surface area contributed by atoms with Gasteiger partial charge < -0.3 is 15.2 Å². The number of H-pyrrole nitrogens is 1. The van der Waals surface area contributed by atoms with Crippen LogP contribution in [0.15, 0.2) is 35.4 Å². The van der Waals surface area contributed by atoms with Crippen LogP contribution < -0.4 is 15.8 Å². The molecule has 0 aliphatic carbocycles. The zero-order valence-corrected chi connectivity index (χ0v) is 16.1. The molecule has 1 aromatic carbocycles. The van der Waals surface area contributed by atoms with E-state index in [1.807, 2.05) is 0 Å². The highest BCUT2D eigenvalue weighted by atomic mass is 32.1. The van der Waals surface area contributed by atoms with Crippen LogP contribution in [0.3, 0.4) is 0 Å². The van der Waals surface area contributed by atoms with Crippen molar-refractivity contribution >= 4 is 33.1 Å². The predicted octanol–water partition coefficient (Wildman–Crippen LogP) is 2.87. The number of nitrogens with zero attached hydrogens (tertiary/aromatic N) is 2. The summed E-state index contributed by atoms with van der Waals surface area (Å²) in [4.78, 5) is 34.8. The van der Waals surface area contributed by atoms with Crippen LogP contribution in [0.5, 0.6) is 0 Å². The number of rotatable bonds is 5. The normalized spacial score (nSPS) is 13.6. The highest BCUT2D eigenvalue weighted by molar-refractivity contribution is 7.20. The zero-order valence-electron chi connectivity index (χ0n) is 15.2. The van der Waals surface area contributed by atoms with Crippen molar-refractivity contribution < 1.29 is 4.79 Å². The highest BCUT2D eigenvalue weighted by Crippen LogP contribution is 2.27. The summed E-state index contributed by atoms with van der Waals surface area (Å²) in [6.07, 6.45) is 4.56. The number of nitrogens with one attached hydrogen (secondary N) is 2. The van der Waals surface area contributed by atoms with Crippen molar-refractivity contribution in [3.8, 4) is 0 Å². The maximum absolute atomic E-state index is 12.5. The molecule has 0 unspecified atom stereocenters. The standard InChI is InChI=1S/C20H22N4O2S/c1-13-16-18(25)22-12-23-20(16)27-17(13)19(26)21-9-5-11-24-10-4-7-14-6-2-3-8-15(14)24/h2-3,6,8,12H,4-5,7,9-11H2,1H3,(H,21,26)(H,22,23,25). The number of para-hydroxylation sites is 1. The lowest BCUT2D eigenvalue weighted by Crippen LogP contribution is -2.33. The number of aromatic amines is 1. The van der Waals surface area contributed by atoms with Gasteiger partial charge in [-0.05, 0) is 43.4 Å². The molecule has 27 heavy (non-hydrogen) atoms. The Balaban J connectivity index is 1.37. The summed E-state index contributed by atoms with van der Waals surface area (Å²) in [6, 6.07) is 8.55. The highest BCUT2D eigenvalue weighted by Gasteiger charge is 2.19. The lowest BCUT2D eigenvalue weighted by Gasteiger charge is -2.31. The van der Waals surface area contributed by atoms with Crippen molar-refractivity contribution in [2.75, 3.05) is 24.5 Å². The molecule has 0 saturated carbocycles. The van der Waals surface area contributed by atoms with Gasteiger partial charge in [0.2, 0.25) is 0 Å². The lowest BCUT2D eigenvalue weighted by molar-refractivity contribution is 0.0957. The van der Waals surface area contributed by atoms with E-state index in [1.165, 1.54) is 35.3 Å². The number of hydrogen-bond donors (Lipinski definition) is 2. The molecule has 0 spiro atoms. The number of fused-ring (bicyclic) bond motifs is 2. The SMILES string of the molecule is Cc1c(C(=O)NCCCN2CCCc3ccccc32)sc2nc[nH]c(=O)c12. The quantitative estimate of drug-likeness (QED) is 0.665. The molecule has 7 heteroatoms. The summed E-state index contributed by atoms with van der Waals surface area (Å²) < 4.78 is 0. The van der Waals surface area contributed by atoms with Gasteiger partial charge in [0.1, 0.15) is 4.83 Å². The van der Waals surface area contributed by atoms with Crippen molar-refractivity contribution in [3.05, 3.63) is 57.0 Å². The Morgan fingerprint density at radius 3 is 3.07 bits per heavy atom. The lowest BCUT2D eigenvalue weighted by atomic mass is 10.0. The molecule has 3 heterocycles. The first-order chi connectivity index (χ1) is 13.1. The maximum Gasteiger partial charge on any atom is 0.261 e. The van der Waals surface area contributed by atoms with Gasteiger partial charge in [0.15, 0.2) is 0 Å². The summed E-state index contributed by atoms with van der Waals surface area (Å²) in [6.45, 7) is 4.39. The van der Waals surface area contributed by atoms with Gasteiger partial charge in [-0.1, -0.05) is 18.2 Å². The van der Waals surface area contributed by atoms with Crippen LogP contribution in [0.25, 0.3) is 10.2 Å². The Kier molecular flexibility index (Phi) is 4.94. The monoisotopic (exact) mass is 382 g/mol. The zero-order chi connectivity index (χ0) is 18.8. The molecule has 2 aromatic heterocycles.